The number of hydrogen-bond donors (Lipinski definition) is 2. The molecule has 3 N–H and O–H groups in total. The van der Waals surface area contributed by atoms with Crippen LogP contribution in [0.15, 0.2) is 18.3 Å². The van der Waals surface area contributed by atoms with E-state index in [0.717, 1.165) is 25.9 Å². The predicted octanol–water partition coefficient (Wildman–Crippen LogP) is 1.63. The van der Waals surface area contributed by atoms with Crippen molar-refractivity contribution in [1.29, 1.82) is 0 Å². The highest BCUT2D eigenvalue weighted by atomic mass is 16.2. The molecule has 18 heavy (non-hydrogen) atoms. The second-order valence-corrected chi connectivity index (χ2v) is 5.53. The van der Waals surface area contributed by atoms with Crippen LogP contribution in [0.2, 0.25) is 0 Å². The number of nitrogens with two attached hydrogens (primary N) is 1. The summed E-state index contributed by atoms with van der Waals surface area (Å²) in [4.78, 5) is 18.2. The molecule has 0 spiro atoms. The number of amides is 1. The highest BCUT2D eigenvalue weighted by Gasteiger charge is 2.28. The number of likely N-dealkylation sites (tertiary alicyclic amines) is 1. The van der Waals surface area contributed by atoms with E-state index < -0.39 is 0 Å². The molecule has 0 saturated carbocycles. The highest BCUT2D eigenvalue weighted by molar-refractivity contribution is 5.94. The first kappa shape index (κ1) is 12.8. The van der Waals surface area contributed by atoms with Gasteiger partial charge in [-0.15, -0.1) is 0 Å². The number of pyridine rings is 1. The second kappa shape index (κ2) is 4.94. The number of piperidine rings is 1. The molecule has 1 aliphatic heterocycles. The lowest BCUT2D eigenvalue weighted by molar-refractivity contribution is 0.0630. The molecular weight excluding hydrogens is 228 g/mol. The lowest BCUT2D eigenvalue weighted by Crippen LogP contribution is -2.41. The number of nitrogens with zero attached hydrogens (tertiary/aromatic N) is 2. The lowest BCUT2D eigenvalue weighted by atomic mass is 9.82. The van der Waals surface area contributed by atoms with Crippen molar-refractivity contribution in [2.75, 3.05) is 18.5 Å². The first-order valence-electron chi connectivity index (χ1n) is 6.24. The maximum atomic E-state index is 12.3. The fourth-order valence-electron chi connectivity index (χ4n) is 2.14. The van der Waals surface area contributed by atoms with Crippen LogP contribution in [0.1, 0.15) is 37.0 Å². The van der Waals surface area contributed by atoms with Gasteiger partial charge < -0.3 is 10.3 Å². The van der Waals surface area contributed by atoms with Gasteiger partial charge in [-0.05, 0) is 30.4 Å². The average molecular weight is 248 g/mol. The number of nitrogens with one attached hydrogen (secondary N) is 1. The molecule has 1 saturated heterocycles. The minimum atomic E-state index is 0.0596. The smallest absolute Gasteiger partial charge is 0.254 e. The molecule has 0 radical (unpaired) electrons. The van der Waals surface area contributed by atoms with E-state index in [-0.39, 0.29) is 5.91 Å². The van der Waals surface area contributed by atoms with Crippen molar-refractivity contribution in [3.8, 4) is 0 Å². The fourth-order valence-corrected chi connectivity index (χ4v) is 2.14. The normalized spacial score (nSPS) is 18.5. The van der Waals surface area contributed by atoms with E-state index >= 15 is 0 Å². The summed E-state index contributed by atoms with van der Waals surface area (Å²) in [6.45, 7) is 6.13. The van der Waals surface area contributed by atoms with Crippen LogP contribution in [0, 0.1) is 5.41 Å². The monoisotopic (exact) mass is 248 g/mol. The summed E-state index contributed by atoms with van der Waals surface area (Å²) in [7, 11) is 0. The second-order valence-electron chi connectivity index (χ2n) is 5.53. The summed E-state index contributed by atoms with van der Waals surface area (Å²) in [5.74, 6) is 5.87. The number of hydrazine groups is 1. The SMILES string of the molecule is CC1(C)CCN(C(=O)c2ccnc(NN)c2)CC1. The maximum Gasteiger partial charge on any atom is 0.254 e. The average Bonchev–Trinajstić information content (AvgIpc) is 2.38. The minimum Gasteiger partial charge on any atom is -0.339 e. The van der Waals surface area contributed by atoms with Gasteiger partial charge in [-0.1, -0.05) is 13.8 Å². The Labute approximate surface area is 107 Å². The fraction of sp³-hybridized carbons (Fsp3) is 0.538. The van der Waals surface area contributed by atoms with E-state index in [1.54, 1.807) is 18.3 Å². The van der Waals surface area contributed by atoms with Crippen LogP contribution in [-0.4, -0.2) is 28.9 Å². The van der Waals surface area contributed by atoms with Crippen LogP contribution in [0.5, 0.6) is 0 Å². The Morgan fingerprint density at radius 3 is 2.72 bits per heavy atom. The zero-order chi connectivity index (χ0) is 13.2. The van der Waals surface area contributed by atoms with Gasteiger partial charge in [0.2, 0.25) is 0 Å². The molecule has 0 bridgehead atoms. The van der Waals surface area contributed by atoms with Gasteiger partial charge in [0, 0.05) is 24.8 Å². The molecule has 2 rings (SSSR count). The number of nitrogen functional groups attached to an aromatic ring is 1. The van der Waals surface area contributed by atoms with E-state index in [1.165, 1.54) is 0 Å². The van der Waals surface area contributed by atoms with Crippen LogP contribution < -0.4 is 11.3 Å². The van der Waals surface area contributed by atoms with E-state index in [0.29, 0.717) is 16.8 Å². The summed E-state index contributed by atoms with van der Waals surface area (Å²) in [6, 6.07) is 3.41. The summed E-state index contributed by atoms with van der Waals surface area (Å²) >= 11 is 0. The summed E-state index contributed by atoms with van der Waals surface area (Å²) in [5, 5.41) is 0. The first-order valence-corrected chi connectivity index (χ1v) is 6.24. The molecule has 1 amide bonds. The van der Waals surface area contributed by atoms with Crippen molar-refractivity contribution in [3.63, 3.8) is 0 Å². The number of aromatic nitrogens is 1. The largest absolute Gasteiger partial charge is 0.339 e. The van der Waals surface area contributed by atoms with Gasteiger partial charge in [0.15, 0.2) is 0 Å². The third-order valence-corrected chi connectivity index (χ3v) is 3.56. The van der Waals surface area contributed by atoms with Crippen molar-refractivity contribution < 1.29 is 4.79 Å². The third kappa shape index (κ3) is 2.79. The van der Waals surface area contributed by atoms with Crippen molar-refractivity contribution >= 4 is 11.7 Å². The number of carbonyl (C=O) groups excluding carboxylic acids is 1. The van der Waals surface area contributed by atoms with Gasteiger partial charge in [0.05, 0.1) is 0 Å². The van der Waals surface area contributed by atoms with Crippen molar-refractivity contribution in [1.82, 2.24) is 9.88 Å². The molecule has 1 aromatic heterocycles. The van der Waals surface area contributed by atoms with Crippen molar-refractivity contribution in [2.45, 2.75) is 26.7 Å². The Morgan fingerprint density at radius 1 is 1.44 bits per heavy atom. The zero-order valence-electron chi connectivity index (χ0n) is 10.9. The van der Waals surface area contributed by atoms with Gasteiger partial charge in [-0.25, -0.2) is 10.8 Å². The standard InChI is InChI=1S/C13H20N4O/c1-13(2)4-7-17(8-5-13)12(18)10-3-6-15-11(9-10)16-14/h3,6,9H,4-5,7-8,14H2,1-2H3,(H,15,16). The number of rotatable bonds is 2. The Bertz CT molecular complexity index is 434. The lowest BCUT2D eigenvalue weighted by Gasteiger charge is -2.36. The molecule has 5 nitrogen and oxygen atoms in total. The van der Waals surface area contributed by atoms with Crippen LogP contribution in [-0.2, 0) is 0 Å². The first-order chi connectivity index (χ1) is 8.52. The van der Waals surface area contributed by atoms with E-state index in [1.807, 2.05) is 4.90 Å². The molecular formula is C13H20N4O. The number of hydrogen-bond acceptors (Lipinski definition) is 4. The Kier molecular flexibility index (Phi) is 3.52. The van der Waals surface area contributed by atoms with Gasteiger partial charge in [-0.3, -0.25) is 4.79 Å². The van der Waals surface area contributed by atoms with Crippen molar-refractivity contribution in [2.24, 2.45) is 11.3 Å². The van der Waals surface area contributed by atoms with Gasteiger partial charge in [-0.2, -0.15) is 0 Å². The minimum absolute atomic E-state index is 0.0596. The summed E-state index contributed by atoms with van der Waals surface area (Å²) in [6.07, 6.45) is 3.69. The highest BCUT2D eigenvalue weighted by Crippen LogP contribution is 2.30. The van der Waals surface area contributed by atoms with Gasteiger partial charge in [0.25, 0.3) is 5.91 Å². The molecule has 0 aromatic carbocycles. The molecule has 1 fully saturated rings. The molecule has 2 heterocycles. The Balaban J connectivity index is 2.07. The predicted molar refractivity (Wildman–Crippen MR) is 71.0 cm³/mol. The van der Waals surface area contributed by atoms with Crippen LogP contribution in [0.3, 0.4) is 0 Å². The zero-order valence-corrected chi connectivity index (χ0v) is 10.9. The topological polar surface area (TPSA) is 71.2 Å². The summed E-state index contributed by atoms with van der Waals surface area (Å²) < 4.78 is 0. The van der Waals surface area contributed by atoms with Gasteiger partial charge >= 0.3 is 0 Å². The molecule has 0 atom stereocenters. The van der Waals surface area contributed by atoms with Crippen LogP contribution in [0.4, 0.5) is 5.82 Å². The molecule has 98 valence electrons. The van der Waals surface area contributed by atoms with E-state index in [4.69, 9.17) is 5.84 Å². The van der Waals surface area contributed by atoms with E-state index in [2.05, 4.69) is 24.3 Å². The molecule has 5 heteroatoms. The number of carbonyl (C=O) groups is 1. The quantitative estimate of drug-likeness (QED) is 0.616. The van der Waals surface area contributed by atoms with Crippen molar-refractivity contribution in [3.05, 3.63) is 23.9 Å². The summed E-state index contributed by atoms with van der Waals surface area (Å²) in [5.41, 5.74) is 3.44. The van der Waals surface area contributed by atoms with Crippen LogP contribution in [0.25, 0.3) is 0 Å². The van der Waals surface area contributed by atoms with E-state index in [9.17, 15) is 4.79 Å². The Hall–Kier alpha value is -1.62. The Morgan fingerprint density at radius 2 is 2.11 bits per heavy atom. The van der Waals surface area contributed by atoms with Gasteiger partial charge in [0.1, 0.15) is 5.82 Å². The maximum absolute atomic E-state index is 12.3. The molecule has 1 aromatic rings. The molecule has 0 aliphatic carbocycles. The van der Waals surface area contributed by atoms with Crippen LogP contribution >= 0.6 is 0 Å². The third-order valence-electron chi connectivity index (χ3n) is 3.56. The molecule has 1 aliphatic rings. The number of anilines is 1. The molecule has 0 unspecified atom stereocenters.